The Morgan fingerprint density at radius 1 is 0.862 bits per heavy atom. The summed E-state index contributed by atoms with van der Waals surface area (Å²) in [6.07, 6.45) is 8.63. The zero-order valence-corrected chi connectivity index (χ0v) is 19.7. The molecule has 0 saturated carbocycles. The van der Waals surface area contributed by atoms with Gasteiger partial charge in [-0.2, -0.15) is 0 Å². The number of sulfonamides is 1. The molecular formula is C23H40N2O3S. The minimum atomic E-state index is -3.63. The summed E-state index contributed by atoms with van der Waals surface area (Å²) < 4.78 is 26.7. The van der Waals surface area contributed by atoms with Gasteiger partial charge in [0.2, 0.25) is 10.0 Å². The van der Waals surface area contributed by atoms with Crippen molar-refractivity contribution in [2.24, 2.45) is 0 Å². The molecule has 0 bridgehead atoms. The first-order valence-corrected chi connectivity index (χ1v) is 12.8. The molecule has 0 fully saturated rings. The number of anilines is 1. The van der Waals surface area contributed by atoms with Crippen molar-refractivity contribution in [2.75, 3.05) is 11.1 Å². The first-order chi connectivity index (χ1) is 13.7. The summed E-state index contributed by atoms with van der Waals surface area (Å²) in [5.41, 5.74) is 2.73. The van der Waals surface area contributed by atoms with E-state index in [1.54, 1.807) is 0 Å². The highest BCUT2D eigenvalue weighted by molar-refractivity contribution is 7.90. The number of unbranched alkanes of at least 4 members (excludes halogenated alkanes) is 7. The highest BCUT2D eigenvalue weighted by Gasteiger charge is 2.19. The highest BCUT2D eigenvalue weighted by atomic mass is 32.2. The summed E-state index contributed by atoms with van der Waals surface area (Å²) in [4.78, 5) is 12.4. The van der Waals surface area contributed by atoms with Crippen LogP contribution in [0.2, 0.25) is 0 Å². The van der Waals surface area contributed by atoms with Crippen molar-refractivity contribution < 1.29 is 13.2 Å². The van der Waals surface area contributed by atoms with Crippen molar-refractivity contribution in [3.8, 4) is 0 Å². The van der Waals surface area contributed by atoms with Crippen LogP contribution in [-0.4, -0.2) is 20.2 Å². The number of urea groups is 1. The summed E-state index contributed by atoms with van der Waals surface area (Å²) in [5, 5.41) is 2.80. The third-order valence-corrected chi connectivity index (χ3v) is 6.45. The van der Waals surface area contributed by atoms with Crippen molar-refractivity contribution >= 4 is 21.7 Å². The lowest BCUT2D eigenvalue weighted by Gasteiger charge is -2.20. The van der Waals surface area contributed by atoms with Crippen LogP contribution in [0.15, 0.2) is 18.2 Å². The van der Waals surface area contributed by atoms with Gasteiger partial charge < -0.3 is 5.32 Å². The molecule has 0 saturated heterocycles. The number of rotatable bonds is 13. The van der Waals surface area contributed by atoms with E-state index in [0.29, 0.717) is 6.42 Å². The van der Waals surface area contributed by atoms with Crippen LogP contribution in [0.4, 0.5) is 10.5 Å². The maximum Gasteiger partial charge on any atom is 0.332 e. The van der Waals surface area contributed by atoms with Gasteiger partial charge in [0.1, 0.15) is 0 Å². The Morgan fingerprint density at radius 2 is 1.34 bits per heavy atom. The van der Waals surface area contributed by atoms with Crippen LogP contribution in [0.5, 0.6) is 0 Å². The van der Waals surface area contributed by atoms with Gasteiger partial charge in [-0.05, 0) is 29.4 Å². The largest absolute Gasteiger partial charge is 0.332 e. The lowest BCUT2D eigenvalue weighted by molar-refractivity contribution is 0.256. The van der Waals surface area contributed by atoms with Gasteiger partial charge in [-0.3, -0.25) is 0 Å². The number of amides is 2. The van der Waals surface area contributed by atoms with Gasteiger partial charge in [0.05, 0.1) is 5.75 Å². The van der Waals surface area contributed by atoms with Crippen molar-refractivity contribution in [2.45, 2.75) is 97.8 Å². The minimum Gasteiger partial charge on any atom is -0.307 e. The molecule has 5 nitrogen and oxygen atoms in total. The molecule has 0 aliphatic carbocycles. The molecule has 0 aromatic heterocycles. The van der Waals surface area contributed by atoms with Crippen LogP contribution in [0.25, 0.3) is 0 Å². The highest BCUT2D eigenvalue weighted by Crippen LogP contribution is 2.32. The summed E-state index contributed by atoms with van der Waals surface area (Å²) in [6, 6.07) is 5.24. The summed E-state index contributed by atoms with van der Waals surface area (Å²) in [5.74, 6) is 0.425. The molecule has 0 heterocycles. The monoisotopic (exact) mass is 424 g/mol. The van der Waals surface area contributed by atoms with Crippen LogP contribution < -0.4 is 10.0 Å². The molecular weight excluding hydrogens is 384 g/mol. The fraction of sp³-hybridized carbons (Fsp3) is 0.696. The molecule has 29 heavy (non-hydrogen) atoms. The SMILES string of the molecule is CCCCCCCCCCS(=O)(=O)NC(=O)Nc1c(C(C)C)cccc1C(C)C. The lowest BCUT2D eigenvalue weighted by atomic mass is 9.93. The van der Waals surface area contributed by atoms with Gasteiger partial charge >= 0.3 is 6.03 Å². The molecule has 2 N–H and O–H groups in total. The molecule has 2 amide bonds. The summed E-state index contributed by atoms with van der Waals surface area (Å²) in [7, 11) is -3.63. The van der Waals surface area contributed by atoms with E-state index in [-0.39, 0.29) is 17.6 Å². The van der Waals surface area contributed by atoms with Crippen LogP contribution in [0.1, 0.15) is 109 Å². The van der Waals surface area contributed by atoms with Gasteiger partial charge in [-0.1, -0.05) is 97.8 Å². The smallest absolute Gasteiger partial charge is 0.307 e. The topological polar surface area (TPSA) is 75.3 Å². The van der Waals surface area contributed by atoms with E-state index in [2.05, 4.69) is 44.7 Å². The van der Waals surface area contributed by atoms with Crippen molar-refractivity contribution in [1.29, 1.82) is 0 Å². The summed E-state index contributed by atoms with van der Waals surface area (Å²) >= 11 is 0. The molecule has 1 aromatic rings. The number of carbonyl (C=O) groups is 1. The second-order valence-corrected chi connectivity index (χ2v) is 10.3. The number of hydrogen-bond donors (Lipinski definition) is 2. The van der Waals surface area contributed by atoms with E-state index < -0.39 is 16.1 Å². The Morgan fingerprint density at radius 3 is 1.83 bits per heavy atom. The Kier molecular flexibility index (Phi) is 11.3. The van der Waals surface area contributed by atoms with Gasteiger partial charge in [0.15, 0.2) is 0 Å². The van der Waals surface area contributed by atoms with E-state index in [9.17, 15) is 13.2 Å². The van der Waals surface area contributed by atoms with Crippen LogP contribution >= 0.6 is 0 Å². The van der Waals surface area contributed by atoms with Crippen molar-refractivity contribution in [3.63, 3.8) is 0 Å². The Balaban J connectivity index is 2.57. The Bertz CT molecular complexity index is 701. The fourth-order valence-corrected chi connectivity index (χ4v) is 4.47. The molecule has 0 aliphatic rings. The minimum absolute atomic E-state index is 0.0156. The third-order valence-electron chi connectivity index (χ3n) is 5.13. The van der Waals surface area contributed by atoms with E-state index in [1.165, 1.54) is 25.7 Å². The van der Waals surface area contributed by atoms with E-state index in [1.807, 2.05) is 18.2 Å². The predicted molar refractivity (Wildman–Crippen MR) is 123 cm³/mol. The second kappa shape index (κ2) is 12.9. The van der Waals surface area contributed by atoms with Crippen LogP contribution in [-0.2, 0) is 10.0 Å². The molecule has 0 atom stereocenters. The van der Waals surface area contributed by atoms with Gasteiger partial charge in [-0.15, -0.1) is 0 Å². The standard InChI is InChI=1S/C23H40N2O3S/c1-6-7-8-9-10-11-12-13-17-29(27,28)25-23(26)24-22-20(18(2)3)15-14-16-21(22)19(4)5/h14-16,18-19H,6-13,17H2,1-5H3,(H2,24,25,26). The maximum absolute atomic E-state index is 12.4. The number of nitrogens with one attached hydrogen (secondary N) is 2. The second-order valence-electron chi connectivity index (χ2n) is 8.47. The molecule has 166 valence electrons. The van der Waals surface area contributed by atoms with E-state index in [4.69, 9.17) is 0 Å². The average molecular weight is 425 g/mol. The molecule has 0 aliphatic heterocycles. The Labute approximate surface area is 178 Å². The maximum atomic E-state index is 12.4. The van der Waals surface area contributed by atoms with Crippen LogP contribution in [0, 0.1) is 0 Å². The quantitative estimate of drug-likeness (QED) is 0.354. The van der Waals surface area contributed by atoms with Gasteiger partial charge in [0, 0.05) is 5.69 Å². The lowest BCUT2D eigenvalue weighted by Crippen LogP contribution is -2.36. The number of hydrogen-bond acceptors (Lipinski definition) is 3. The molecule has 1 aromatic carbocycles. The van der Waals surface area contributed by atoms with Gasteiger partial charge in [0.25, 0.3) is 0 Å². The van der Waals surface area contributed by atoms with E-state index in [0.717, 1.165) is 36.1 Å². The van der Waals surface area contributed by atoms with Crippen molar-refractivity contribution in [3.05, 3.63) is 29.3 Å². The number of para-hydroxylation sites is 1. The summed E-state index contributed by atoms with van der Waals surface area (Å²) in [6.45, 7) is 10.4. The zero-order valence-electron chi connectivity index (χ0n) is 18.9. The Hall–Kier alpha value is -1.56. The van der Waals surface area contributed by atoms with Crippen molar-refractivity contribution in [1.82, 2.24) is 4.72 Å². The normalized spacial score (nSPS) is 11.8. The fourth-order valence-electron chi connectivity index (χ4n) is 3.45. The number of benzene rings is 1. The third kappa shape index (κ3) is 9.66. The van der Waals surface area contributed by atoms with Gasteiger partial charge in [-0.25, -0.2) is 17.9 Å². The molecule has 6 heteroatoms. The zero-order chi connectivity index (χ0) is 21.9. The first kappa shape index (κ1) is 25.5. The average Bonchev–Trinajstić information content (AvgIpc) is 2.63. The molecule has 0 radical (unpaired) electrons. The first-order valence-electron chi connectivity index (χ1n) is 11.1. The number of carbonyl (C=O) groups excluding carboxylic acids is 1. The molecule has 0 unspecified atom stereocenters. The molecule has 0 spiro atoms. The van der Waals surface area contributed by atoms with E-state index >= 15 is 0 Å². The van der Waals surface area contributed by atoms with Crippen LogP contribution in [0.3, 0.4) is 0 Å². The predicted octanol–water partition coefficient (Wildman–Crippen LogP) is 6.53. The molecule has 1 rings (SSSR count).